The van der Waals surface area contributed by atoms with E-state index in [9.17, 15) is 33.4 Å². The average Bonchev–Trinajstić information content (AvgIpc) is 3.16. The summed E-state index contributed by atoms with van der Waals surface area (Å²) < 4.78 is 40.5. The molecular formula is C22H26F3N5O3. The lowest BCUT2D eigenvalue weighted by atomic mass is 9.79. The standard InChI is InChI=1S/C22H26F3N5O3/c1-21(2,20(33)22(23,24)25)13-3-5-14(6-4-13)28-19-16(18(27)32)11-30(29-19)17-8-7-15(31)9-12(17)10-26/h3-6,11-12,15,17,20,31,33H,7-9H2,1-2H3,(H2,27,32)(H,28,29). The summed E-state index contributed by atoms with van der Waals surface area (Å²) in [5.74, 6) is -1.07. The molecule has 3 rings (SSSR count). The quantitative estimate of drug-likeness (QED) is 0.517. The van der Waals surface area contributed by atoms with Crippen molar-refractivity contribution < 1.29 is 28.2 Å². The molecule has 0 aliphatic heterocycles. The number of hydrogen-bond donors (Lipinski definition) is 4. The molecule has 5 N–H and O–H groups in total. The lowest BCUT2D eigenvalue weighted by Crippen LogP contribution is -2.44. The minimum absolute atomic E-state index is 0.0923. The fraction of sp³-hybridized carbons (Fsp3) is 0.500. The molecule has 2 aromatic rings. The Labute approximate surface area is 188 Å². The van der Waals surface area contributed by atoms with Gasteiger partial charge in [0.25, 0.3) is 5.91 Å². The third-order valence-corrected chi connectivity index (χ3v) is 6.17. The average molecular weight is 465 g/mol. The van der Waals surface area contributed by atoms with Crippen LogP contribution in [0.1, 0.15) is 55.1 Å². The molecule has 1 heterocycles. The predicted molar refractivity (Wildman–Crippen MR) is 114 cm³/mol. The first-order valence-electron chi connectivity index (χ1n) is 10.4. The van der Waals surface area contributed by atoms with Crippen molar-refractivity contribution in [2.75, 3.05) is 5.32 Å². The molecule has 8 nitrogen and oxygen atoms in total. The Kier molecular flexibility index (Phi) is 6.72. The summed E-state index contributed by atoms with van der Waals surface area (Å²) in [6, 6.07) is 7.77. The molecule has 178 valence electrons. The Balaban J connectivity index is 1.85. The topological polar surface area (TPSA) is 137 Å². The number of nitriles is 1. The van der Waals surface area contributed by atoms with Crippen LogP contribution in [0, 0.1) is 17.2 Å². The predicted octanol–water partition coefficient (Wildman–Crippen LogP) is 3.15. The second-order valence-electron chi connectivity index (χ2n) is 8.87. The van der Waals surface area contributed by atoms with E-state index in [0.717, 1.165) is 0 Å². The van der Waals surface area contributed by atoms with E-state index in [-0.39, 0.29) is 23.0 Å². The minimum atomic E-state index is -4.76. The van der Waals surface area contributed by atoms with Crippen LogP contribution < -0.4 is 11.1 Å². The van der Waals surface area contributed by atoms with Gasteiger partial charge >= 0.3 is 6.18 Å². The van der Waals surface area contributed by atoms with Gasteiger partial charge in [0.05, 0.1) is 24.1 Å². The Hall–Kier alpha value is -3.10. The fourth-order valence-corrected chi connectivity index (χ4v) is 4.11. The molecule has 1 aromatic heterocycles. The summed E-state index contributed by atoms with van der Waals surface area (Å²) in [4.78, 5) is 12.0. The molecule has 4 unspecified atom stereocenters. The van der Waals surface area contributed by atoms with E-state index in [4.69, 9.17) is 5.73 Å². The van der Waals surface area contributed by atoms with Crippen LogP contribution in [-0.2, 0) is 5.41 Å². The lowest BCUT2D eigenvalue weighted by Gasteiger charge is -2.32. The number of hydrogen-bond acceptors (Lipinski definition) is 6. The van der Waals surface area contributed by atoms with Crippen molar-refractivity contribution in [1.29, 1.82) is 5.26 Å². The summed E-state index contributed by atoms with van der Waals surface area (Å²) in [6.45, 7) is 2.60. The van der Waals surface area contributed by atoms with Crippen molar-refractivity contribution in [3.05, 3.63) is 41.6 Å². The highest BCUT2D eigenvalue weighted by atomic mass is 19.4. The summed E-state index contributed by atoms with van der Waals surface area (Å²) in [6.07, 6.45) is -5.11. The third-order valence-electron chi connectivity index (χ3n) is 6.17. The highest BCUT2D eigenvalue weighted by molar-refractivity contribution is 5.98. The number of rotatable bonds is 6. The van der Waals surface area contributed by atoms with Gasteiger partial charge in [0.1, 0.15) is 5.56 Å². The number of halogens is 3. The van der Waals surface area contributed by atoms with Crippen LogP contribution in [0.25, 0.3) is 0 Å². The summed E-state index contributed by atoms with van der Waals surface area (Å²) in [5, 5.41) is 36.3. The Morgan fingerprint density at radius 1 is 1.30 bits per heavy atom. The molecule has 1 aliphatic carbocycles. The maximum atomic E-state index is 13.0. The molecule has 33 heavy (non-hydrogen) atoms. The Morgan fingerprint density at radius 2 is 1.94 bits per heavy atom. The number of alkyl halides is 3. The van der Waals surface area contributed by atoms with Crippen molar-refractivity contribution in [1.82, 2.24) is 9.78 Å². The van der Waals surface area contributed by atoms with Gasteiger partial charge in [-0.1, -0.05) is 26.0 Å². The van der Waals surface area contributed by atoms with Gasteiger partial charge in [-0.15, -0.1) is 0 Å². The van der Waals surface area contributed by atoms with Gasteiger partial charge in [0.15, 0.2) is 11.9 Å². The van der Waals surface area contributed by atoms with E-state index >= 15 is 0 Å². The second kappa shape index (κ2) is 9.03. The van der Waals surface area contributed by atoms with Crippen molar-refractivity contribution in [3.63, 3.8) is 0 Å². The number of aliphatic hydroxyl groups is 2. The highest BCUT2D eigenvalue weighted by Crippen LogP contribution is 2.38. The molecule has 0 bridgehead atoms. The number of benzene rings is 1. The van der Waals surface area contributed by atoms with Crippen LogP contribution in [0.15, 0.2) is 30.5 Å². The highest BCUT2D eigenvalue weighted by Gasteiger charge is 2.48. The Bertz CT molecular complexity index is 1040. The lowest BCUT2D eigenvalue weighted by molar-refractivity contribution is -0.221. The molecule has 0 spiro atoms. The van der Waals surface area contributed by atoms with E-state index in [1.807, 2.05) is 0 Å². The molecule has 1 saturated carbocycles. The van der Waals surface area contributed by atoms with Gasteiger partial charge < -0.3 is 21.3 Å². The molecule has 1 fully saturated rings. The zero-order valence-electron chi connectivity index (χ0n) is 18.2. The molecule has 1 aliphatic rings. The van der Waals surface area contributed by atoms with Crippen LogP contribution in [0.5, 0.6) is 0 Å². The van der Waals surface area contributed by atoms with Crippen LogP contribution >= 0.6 is 0 Å². The number of primary amides is 1. The minimum Gasteiger partial charge on any atom is -0.393 e. The van der Waals surface area contributed by atoms with Gasteiger partial charge in [0.2, 0.25) is 0 Å². The van der Waals surface area contributed by atoms with Crippen LogP contribution in [0.4, 0.5) is 24.7 Å². The van der Waals surface area contributed by atoms with Crippen molar-refractivity contribution in [2.45, 2.75) is 63.0 Å². The molecular weight excluding hydrogens is 439 g/mol. The molecule has 11 heteroatoms. The summed E-state index contributed by atoms with van der Waals surface area (Å²) in [7, 11) is 0. The van der Waals surface area contributed by atoms with Crippen molar-refractivity contribution in [3.8, 4) is 6.07 Å². The van der Waals surface area contributed by atoms with Crippen molar-refractivity contribution >= 4 is 17.4 Å². The van der Waals surface area contributed by atoms with E-state index in [2.05, 4.69) is 16.5 Å². The van der Waals surface area contributed by atoms with Gasteiger partial charge in [-0.25, -0.2) is 0 Å². The maximum Gasteiger partial charge on any atom is 0.415 e. The van der Waals surface area contributed by atoms with Gasteiger partial charge in [0, 0.05) is 17.3 Å². The first-order valence-corrected chi connectivity index (χ1v) is 10.4. The largest absolute Gasteiger partial charge is 0.415 e. The second-order valence-corrected chi connectivity index (χ2v) is 8.87. The monoisotopic (exact) mass is 465 g/mol. The first-order chi connectivity index (χ1) is 15.3. The maximum absolute atomic E-state index is 13.0. The zero-order valence-corrected chi connectivity index (χ0v) is 18.2. The van der Waals surface area contributed by atoms with Crippen molar-refractivity contribution in [2.24, 2.45) is 11.7 Å². The molecule has 1 aromatic carbocycles. The molecule has 1 amide bonds. The SMILES string of the molecule is CC(C)(c1ccc(Nc2nn(C3CCC(O)CC3C#N)cc2C(N)=O)cc1)C(O)C(F)(F)F. The molecule has 0 saturated heterocycles. The first kappa shape index (κ1) is 24.5. The fourth-order valence-electron chi connectivity index (χ4n) is 4.11. The van der Waals surface area contributed by atoms with E-state index < -0.39 is 35.6 Å². The third kappa shape index (κ3) is 5.12. The van der Waals surface area contributed by atoms with Gasteiger partial charge in [-0.05, 0) is 37.0 Å². The summed E-state index contributed by atoms with van der Waals surface area (Å²) in [5.41, 5.74) is 4.72. The molecule has 4 atom stereocenters. The number of carbonyl (C=O) groups is 1. The number of amides is 1. The van der Waals surface area contributed by atoms with E-state index in [1.165, 1.54) is 49.0 Å². The van der Waals surface area contributed by atoms with Gasteiger partial charge in [-0.2, -0.15) is 23.5 Å². The van der Waals surface area contributed by atoms with E-state index in [0.29, 0.717) is 24.9 Å². The smallest absolute Gasteiger partial charge is 0.393 e. The summed E-state index contributed by atoms with van der Waals surface area (Å²) >= 11 is 0. The number of carbonyl (C=O) groups excluding carboxylic acids is 1. The number of anilines is 2. The number of nitrogens with zero attached hydrogens (tertiary/aromatic N) is 3. The molecule has 0 radical (unpaired) electrons. The number of aromatic nitrogens is 2. The van der Waals surface area contributed by atoms with Gasteiger partial charge in [-0.3, -0.25) is 9.48 Å². The van der Waals surface area contributed by atoms with Crippen LogP contribution in [-0.4, -0.2) is 44.3 Å². The Morgan fingerprint density at radius 3 is 2.48 bits per heavy atom. The number of aliphatic hydroxyl groups excluding tert-OH is 2. The number of nitrogens with one attached hydrogen (secondary N) is 1. The normalized spacial score (nSPS) is 22.4. The van der Waals surface area contributed by atoms with E-state index in [1.54, 1.807) is 0 Å². The van der Waals surface area contributed by atoms with Crippen LogP contribution in [0.3, 0.4) is 0 Å². The zero-order chi connectivity index (χ0) is 24.6. The number of nitrogens with two attached hydrogens (primary N) is 1. The van der Waals surface area contributed by atoms with Crippen LogP contribution in [0.2, 0.25) is 0 Å².